The van der Waals surface area contributed by atoms with Gasteiger partial charge >= 0.3 is 0 Å². The van der Waals surface area contributed by atoms with E-state index in [1.807, 2.05) is 6.20 Å². The lowest BCUT2D eigenvalue weighted by Crippen LogP contribution is -2.26. The van der Waals surface area contributed by atoms with Gasteiger partial charge in [-0.2, -0.15) is 0 Å². The van der Waals surface area contributed by atoms with E-state index in [4.69, 9.17) is 0 Å². The molecule has 0 saturated carbocycles. The SMILES string of the molecule is Cc1ccccc1-c1cccc(-c2c(C3CCNCC3)cnn2O)c1. The monoisotopic (exact) mass is 333 g/mol. The van der Waals surface area contributed by atoms with Crippen molar-refractivity contribution in [1.82, 2.24) is 15.3 Å². The van der Waals surface area contributed by atoms with E-state index in [2.05, 4.69) is 65.9 Å². The van der Waals surface area contributed by atoms with E-state index in [0.29, 0.717) is 5.92 Å². The molecular weight excluding hydrogens is 310 g/mol. The molecule has 4 rings (SSSR count). The maximum Gasteiger partial charge on any atom is 0.113 e. The van der Waals surface area contributed by atoms with E-state index in [9.17, 15) is 5.21 Å². The molecule has 4 nitrogen and oxygen atoms in total. The Bertz CT molecular complexity index is 878. The number of benzene rings is 2. The van der Waals surface area contributed by atoms with E-state index in [0.717, 1.165) is 53.2 Å². The Labute approximate surface area is 148 Å². The first-order valence-corrected chi connectivity index (χ1v) is 8.88. The summed E-state index contributed by atoms with van der Waals surface area (Å²) in [7, 11) is 0. The Morgan fingerprint density at radius 1 is 1.04 bits per heavy atom. The van der Waals surface area contributed by atoms with Gasteiger partial charge in [0.2, 0.25) is 0 Å². The molecule has 4 heteroatoms. The maximum absolute atomic E-state index is 10.3. The predicted octanol–water partition coefficient (Wildman–Crippen LogP) is 4.23. The van der Waals surface area contributed by atoms with Gasteiger partial charge in [0.25, 0.3) is 0 Å². The molecule has 0 aliphatic carbocycles. The lowest BCUT2D eigenvalue weighted by molar-refractivity contribution is 0.153. The molecule has 0 bridgehead atoms. The number of rotatable bonds is 3. The van der Waals surface area contributed by atoms with Crippen molar-refractivity contribution >= 4 is 0 Å². The van der Waals surface area contributed by atoms with Crippen LogP contribution in [-0.2, 0) is 0 Å². The summed E-state index contributed by atoms with van der Waals surface area (Å²) in [6.07, 6.45) is 3.98. The van der Waals surface area contributed by atoms with Gasteiger partial charge in [-0.1, -0.05) is 42.5 Å². The summed E-state index contributed by atoms with van der Waals surface area (Å²) in [5, 5.41) is 17.9. The van der Waals surface area contributed by atoms with Crippen LogP contribution in [0, 0.1) is 6.92 Å². The Hall–Kier alpha value is -2.59. The zero-order chi connectivity index (χ0) is 17.2. The quantitative estimate of drug-likeness (QED) is 0.705. The van der Waals surface area contributed by atoms with Crippen molar-refractivity contribution < 1.29 is 5.21 Å². The van der Waals surface area contributed by atoms with Crippen LogP contribution in [0.3, 0.4) is 0 Å². The zero-order valence-corrected chi connectivity index (χ0v) is 14.4. The molecule has 2 heterocycles. The normalized spacial score (nSPS) is 15.4. The number of nitrogens with zero attached hydrogens (tertiary/aromatic N) is 2. The summed E-state index contributed by atoms with van der Waals surface area (Å²) in [5.41, 5.74) is 6.60. The summed E-state index contributed by atoms with van der Waals surface area (Å²) in [6.45, 7) is 4.16. The van der Waals surface area contributed by atoms with Gasteiger partial charge in [-0.15, -0.1) is 9.94 Å². The molecule has 128 valence electrons. The van der Waals surface area contributed by atoms with Gasteiger partial charge in [-0.3, -0.25) is 0 Å². The second-order valence-corrected chi connectivity index (χ2v) is 6.76. The second-order valence-electron chi connectivity index (χ2n) is 6.76. The molecule has 0 unspecified atom stereocenters. The first kappa shape index (κ1) is 15.9. The van der Waals surface area contributed by atoms with Crippen molar-refractivity contribution in [3.05, 3.63) is 65.9 Å². The number of hydrogen-bond acceptors (Lipinski definition) is 3. The van der Waals surface area contributed by atoms with Gasteiger partial charge in [0, 0.05) is 11.1 Å². The smallest absolute Gasteiger partial charge is 0.113 e. The van der Waals surface area contributed by atoms with Crippen LogP contribution in [0.5, 0.6) is 0 Å². The fourth-order valence-corrected chi connectivity index (χ4v) is 3.80. The topological polar surface area (TPSA) is 50.1 Å². The van der Waals surface area contributed by atoms with E-state index in [1.165, 1.54) is 11.1 Å². The first-order valence-electron chi connectivity index (χ1n) is 8.88. The fourth-order valence-electron chi connectivity index (χ4n) is 3.80. The third-order valence-corrected chi connectivity index (χ3v) is 5.15. The molecule has 0 atom stereocenters. The number of aryl methyl sites for hydroxylation is 1. The highest BCUT2D eigenvalue weighted by Crippen LogP contribution is 2.35. The molecule has 1 aliphatic heterocycles. The molecular formula is C21H23N3O. The van der Waals surface area contributed by atoms with Gasteiger partial charge in [-0.05, 0) is 61.5 Å². The molecule has 0 spiro atoms. The standard InChI is InChI=1S/C21H23N3O/c1-15-5-2-3-8-19(15)17-6-4-7-18(13-17)21-20(14-23-24(21)25)16-9-11-22-12-10-16/h2-8,13-14,16,22,25H,9-12H2,1H3. The molecule has 1 fully saturated rings. The van der Waals surface area contributed by atoms with Crippen molar-refractivity contribution in [3.8, 4) is 22.4 Å². The van der Waals surface area contributed by atoms with Crippen LogP contribution in [0.2, 0.25) is 0 Å². The van der Waals surface area contributed by atoms with Gasteiger partial charge in [0.05, 0.1) is 6.20 Å². The van der Waals surface area contributed by atoms with Crippen molar-refractivity contribution in [2.24, 2.45) is 0 Å². The molecule has 1 aliphatic rings. The average molecular weight is 333 g/mol. The lowest BCUT2D eigenvalue weighted by Gasteiger charge is -2.22. The fraction of sp³-hybridized carbons (Fsp3) is 0.286. The number of aromatic nitrogens is 2. The molecule has 0 amide bonds. The summed E-state index contributed by atoms with van der Waals surface area (Å²) in [4.78, 5) is 1.04. The molecule has 3 aromatic rings. The van der Waals surface area contributed by atoms with Gasteiger partial charge in [-0.25, -0.2) is 0 Å². The predicted molar refractivity (Wildman–Crippen MR) is 99.9 cm³/mol. The highest BCUT2D eigenvalue weighted by atomic mass is 16.5. The van der Waals surface area contributed by atoms with Crippen molar-refractivity contribution in [2.75, 3.05) is 13.1 Å². The van der Waals surface area contributed by atoms with E-state index in [-0.39, 0.29) is 0 Å². The summed E-state index contributed by atoms with van der Waals surface area (Å²) < 4.78 is 0. The largest absolute Gasteiger partial charge is 0.411 e. The summed E-state index contributed by atoms with van der Waals surface area (Å²) in [6, 6.07) is 16.8. The highest BCUT2D eigenvalue weighted by Gasteiger charge is 2.23. The summed E-state index contributed by atoms with van der Waals surface area (Å²) >= 11 is 0. The Morgan fingerprint density at radius 2 is 1.80 bits per heavy atom. The van der Waals surface area contributed by atoms with Crippen molar-refractivity contribution in [2.45, 2.75) is 25.7 Å². The molecule has 1 aromatic heterocycles. The van der Waals surface area contributed by atoms with Crippen LogP contribution >= 0.6 is 0 Å². The Balaban J connectivity index is 1.77. The first-order chi connectivity index (χ1) is 12.2. The molecule has 25 heavy (non-hydrogen) atoms. The van der Waals surface area contributed by atoms with Crippen LogP contribution in [-0.4, -0.2) is 28.2 Å². The molecule has 1 saturated heterocycles. The average Bonchev–Trinajstić information content (AvgIpc) is 3.04. The lowest BCUT2D eigenvalue weighted by atomic mass is 9.88. The molecule has 0 radical (unpaired) electrons. The Morgan fingerprint density at radius 3 is 2.60 bits per heavy atom. The van der Waals surface area contributed by atoms with Crippen LogP contribution in [0.15, 0.2) is 54.7 Å². The van der Waals surface area contributed by atoms with Gasteiger partial charge in [0.15, 0.2) is 0 Å². The zero-order valence-electron chi connectivity index (χ0n) is 14.4. The van der Waals surface area contributed by atoms with Gasteiger partial charge in [0.1, 0.15) is 5.69 Å². The minimum atomic E-state index is 0.444. The van der Waals surface area contributed by atoms with E-state index >= 15 is 0 Å². The summed E-state index contributed by atoms with van der Waals surface area (Å²) in [5.74, 6) is 0.444. The van der Waals surface area contributed by atoms with E-state index in [1.54, 1.807) is 0 Å². The van der Waals surface area contributed by atoms with Crippen LogP contribution in [0.4, 0.5) is 0 Å². The highest BCUT2D eigenvalue weighted by molar-refractivity contribution is 5.74. The van der Waals surface area contributed by atoms with E-state index < -0.39 is 0 Å². The van der Waals surface area contributed by atoms with Crippen LogP contribution < -0.4 is 5.32 Å². The number of hydrogen-bond donors (Lipinski definition) is 2. The Kier molecular flexibility index (Phi) is 4.28. The van der Waals surface area contributed by atoms with Crippen molar-refractivity contribution in [1.29, 1.82) is 0 Å². The minimum Gasteiger partial charge on any atom is -0.411 e. The maximum atomic E-state index is 10.3. The van der Waals surface area contributed by atoms with Crippen molar-refractivity contribution in [3.63, 3.8) is 0 Å². The third kappa shape index (κ3) is 3.05. The number of piperidine rings is 1. The minimum absolute atomic E-state index is 0.444. The second kappa shape index (κ2) is 6.73. The third-order valence-electron chi connectivity index (χ3n) is 5.15. The number of nitrogens with one attached hydrogen (secondary N) is 1. The molecule has 2 aromatic carbocycles. The molecule has 2 N–H and O–H groups in total. The van der Waals surface area contributed by atoms with Crippen LogP contribution in [0.1, 0.15) is 29.9 Å². The van der Waals surface area contributed by atoms with Gasteiger partial charge < -0.3 is 10.5 Å². The van der Waals surface area contributed by atoms with Crippen LogP contribution in [0.25, 0.3) is 22.4 Å².